The average molecular weight is 394 g/mol. The minimum Gasteiger partial charge on any atom is -0.443 e. The van der Waals surface area contributed by atoms with E-state index < -0.39 is 12.0 Å². The third-order valence-corrected chi connectivity index (χ3v) is 4.07. The van der Waals surface area contributed by atoms with Crippen LogP contribution in [0.3, 0.4) is 0 Å². The summed E-state index contributed by atoms with van der Waals surface area (Å²) < 4.78 is 10.8. The first-order chi connectivity index (χ1) is 14.0. The normalized spacial score (nSPS) is 12.1. The van der Waals surface area contributed by atoms with E-state index in [-0.39, 0.29) is 23.9 Å². The predicted octanol–water partition coefficient (Wildman–Crippen LogP) is 2.58. The number of carbonyl (C=O) groups is 1. The smallest absolute Gasteiger partial charge is 0.279 e. The molecule has 1 unspecified atom stereocenters. The first-order valence-corrected chi connectivity index (χ1v) is 8.84. The minimum absolute atomic E-state index is 0.155. The molecule has 1 amide bonds. The number of benzene rings is 1. The van der Waals surface area contributed by atoms with Crippen LogP contribution in [0.4, 0.5) is 5.82 Å². The zero-order valence-corrected chi connectivity index (χ0v) is 15.7. The van der Waals surface area contributed by atoms with Crippen molar-refractivity contribution in [2.75, 3.05) is 5.32 Å². The molecule has 10 heteroatoms. The summed E-state index contributed by atoms with van der Waals surface area (Å²) >= 11 is 0. The van der Waals surface area contributed by atoms with Gasteiger partial charge in [0.05, 0.1) is 12.4 Å². The van der Waals surface area contributed by atoms with Gasteiger partial charge in [0.15, 0.2) is 23.7 Å². The van der Waals surface area contributed by atoms with Crippen LogP contribution in [0.2, 0.25) is 0 Å². The van der Waals surface area contributed by atoms with Gasteiger partial charge in [-0.05, 0) is 19.9 Å². The molecule has 3 heterocycles. The Morgan fingerprint density at radius 1 is 1.31 bits per heavy atom. The lowest BCUT2D eigenvalue weighted by atomic mass is 10.1. The standard InChI is InChI=1S/C19H18N6O4/c1-11-4-3-5-13(6-11)17-16(21-10-28-17)18(27)23-15-8-22-25(24-15)9-14-7-20-19(29-14)12(2)26/h3-8,10,12,26H,9H2,1-2H3,(H,23,24,27). The van der Waals surface area contributed by atoms with Gasteiger partial charge in [-0.25, -0.2) is 9.97 Å². The quantitative estimate of drug-likeness (QED) is 0.510. The van der Waals surface area contributed by atoms with E-state index in [0.29, 0.717) is 11.5 Å². The summed E-state index contributed by atoms with van der Waals surface area (Å²) in [6, 6.07) is 7.59. The van der Waals surface area contributed by atoms with Crippen LogP contribution in [0, 0.1) is 6.92 Å². The molecule has 1 aromatic carbocycles. The van der Waals surface area contributed by atoms with Gasteiger partial charge in [-0.2, -0.15) is 9.90 Å². The van der Waals surface area contributed by atoms with Crippen LogP contribution >= 0.6 is 0 Å². The second-order valence-corrected chi connectivity index (χ2v) is 6.45. The number of aliphatic hydroxyl groups excluding tert-OH is 1. The van der Waals surface area contributed by atoms with E-state index in [1.54, 1.807) is 6.92 Å². The van der Waals surface area contributed by atoms with E-state index in [2.05, 4.69) is 25.5 Å². The molecule has 4 aromatic rings. The van der Waals surface area contributed by atoms with Gasteiger partial charge in [0.25, 0.3) is 5.91 Å². The van der Waals surface area contributed by atoms with E-state index in [9.17, 15) is 9.90 Å². The highest BCUT2D eigenvalue weighted by Gasteiger charge is 2.20. The maximum atomic E-state index is 12.6. The van der Waals surface area contributed by atoms with E-state index in [0.717, 1.165) is 11.1 Å². The van der Waals surface area contributed by atoms with Crippen molar-refractivity contribution in [3.63, 3.8) is 0 Å². The Hall–Kier alpha value is -3.79. The van der Waals surface area contributed by atoms with Crippen LogP contribution < -0.4 is 5.32 Å². The summed E-state index contributed by atoms with van der Waals surface area (Å²) in [6.07, 6.45) is 3.34. The SMILES string of the molecule is Cc1cccc(-c2ocnc2C(=O)Nc2cnn(Cc3cnc(C(C)O)o3)n2)c1. The molecule has 0 spiro atoms. The number of oxazole rings is 2. The number of nitrogens with one attached hydrogen (secondary N) is 1. The second kappa shape index (κ2) is 7.68. The highest BCUT2D eigenvalue weighted by atomic mass is 16.4. The van der Waals surface area contributed by atoms with Crippen molar-refractivity contribution in [3.05, 3.63) is 66.0 Å². The van der Waals surface area contributed by atoms with Crippen LogP contribution in [0.15, 0.2) is 51.9 Å². The van der Waals surface area contributed by atoms with E-state index in [1.165, 1.54) is 23.6 Å². The first-order valence-electron chi connectivity index (χ1n) is 8.84. The molecular formula is C19H18N6O4. The molecular weight excluding hydrogens is 376 g/mol. The molecule has 2 N–H and O–H groups in total. The highest BCUT2D eigenvalue weighted by molar-refractivity contribution is 6.05. The number of aryl methyl sites for hydroxylation is 1. The van der Waals surface area contributed by atoms with Crippen molar-refractivity contribution in [2.45, 2.75) is 26.5 Å². The maximum Gasteiger partial charge on any atom is 0.279 e. The second-order valence-electron chi connectivity index (χ2n) is 6.45. The summed E-state index contributed by atoms with van der Waals surface area (Å²) in [5.74, 6) is 0.871. The average Bonchev–Trinajstić information content (AvgIpc) is 3.42. The van der Waals surface area contributed by atoms with Gasteiger partial charge in [-0.15, -0.1) is 5.10 Å². The van der Waals surface area contributed by atoms with Crippen LogP contribution in [-0.4, -0.2) is 36.0 Å². The lowest BCUT2D eigenvalue weighted by Gasteiger charge is -2.02. The Bertz CT molecular complexity index is 1140. The molecule has 0 aliphatic carbocycles. The molecule has 1 atom stereocenters. The number of aliphatic hydroxyl groups is 1. The zero-order valence-electron chi connectivity index (χ0n) is 15.7. The topological polar surface area (TPSA) is 132 Å². The molecule has 0 saturated carbocycles. The molecule has 0 bridgehead atoms. The lowest BCUT2D eigenvalue weighted by Crippen LogP contribution is -2.14. The zero-order chi connectivity index (χ0) is 20.4. The van der Waals surface area contributed by atoms with Crippen molar-refractivity contribution >= 4 is 11.7 Å². The number of hydrogen-bond acceptors (Lipinski definition) is 8. The Balaban J connectivity index is 1.47. The fraction of sp³-hybridized carbons (Fsp3) is 0.211. The molecule has 0 saturated heterocycles. The number of aromatic nitrogens is 5. The molecule has 0 fully saturated rings. The molecule has 4 rings (SSSR count). The number of nitrogens with zero attached hydrogens (tertiary/aromatic N) is 5. The maximum absolute atomic E-state index is 12.6. The number of amides is 1. The molecule has 0 aliphatic rings. The van der Waals surface area contributed by atoms with Crippen molar-refractivity contribution < 1.29 is 18.7 Å². The summed E-state index contributed by atoms with van der Waals surface area (Å²) in [4.78, 5) is 22.0. The van der Waals surface area contributed by atoms with Gasteiger partial charge in [-0.3, -0.25) is 4.79 Å². The van der Waals surface area contributed by atoms with Gasteiger partial charge < -0.3 is 19.3 Å². The predicted molar refractivity (Wildman–Crippen MR) is 101 cm³/mol. The van der Waals surface area contributed by atoms with Crippen LogP contribution in [0.25, 0.3) is 11.3 Å². The lowest BCUT2D eigenvalue weighted by molar-refractivity contribution is 0.102. The van der Waals surface area contributed by atoms with Crippen LogP contribution in [-0.2, 0) is 6.54 Å². The largest absolute Gasteiger partial charge is 0.443 e. The molecule has 0 radical (unpaired) electrons. The molecule has 0 aliphatic heterocycles. The molecule has 29 heavy (non-hydrogen) atoms. The minimum atomic E-state index is -0.797. The number of carbonyl (C=O) groups excluding carboxylic acids is 1. The number of anilines is 1. The van der Waals surface area contributed by atoms with Gasteiger partial charge in [-0.1, -0.05) is 23.8 Å². The number of hydrogen-bond donors (Lipinski definition) is 2. The Labute approximate surface area is 165 Å². The molecule has 148 valence electrons. The van der Waals surface area contributed by atoms with Crippen LogP contribution in [0.1, 0.15) is 40.7 Å². The van der Waals surface area contributed by atoms with Crippen molar-refractivity contribution in [1.29, 1.82) is 0 Å². The Kier molecular flexibility index (Phi) is 4.92. The Morgan fingerprint density at radius 2 is 2.17 bits per heavy atom. The number of rotatable bonds is 6. The monoisotopic (exact) mass is 394 g/mol. The van der Waals surface area contributed by atoms with E-state index in [4.69, 9.17) is 8.83 Å². The fourth-order valence-electron chi connectivity index (χ4n) is 2.73. The third kappa shape index (κ3) is 4.06. The molecule has 10 nitrogen and oxygen atoms in total. The summed E-state index contributed by atoms with van der Waals surface area (Å²) in [5.41, 5.74) is 1.96. The Morgan fingerprint density at radius 3 is 2.93 bits per heavy atom. The van der Waals surface area contributed by atoms with E-state index >= 15 is 0 Å². The fourth-order valence-corrected chi connectivity index (χ4v) is 2.73. The van der Waals surface area contributed by atoms with Gasteiger partial charge in [0.1, 0.15) is 18.4 Å². The van der Waals surface area contributed by atoms with Crippen molar-refractivity contribution in [2.24, 2.45) is 0 Å². The van der Waals surface area contributed by atoms with Gasteiger partial charge in [0.2, 0.25) is 5.89 Å². The van der Waals surface area contributed by atoms with Crippen molar-refractivity contribution in [3.8, 4) is 11.3 Å². The molecule has 3 aromatic heterocycles. The van der Waals surface area contributed by atoms with Crippen molar-refractivity contribution in [1.82, 2.24) is 25.0 Å². The van der Waals surface area contributed by atoms with Crippen LogP contribution in [0.5, 0.6) is 0 Å². The summed E-state index contributed by atoms with van der Waals surface area (Å²) in [5, 5.41) is 20.4. The van der Waals surface area contributed by atoms with E-state index in [1.807, 2.05) is 31.2 Å². The van der Waals surface area contributed by atoms with Gasteiger partial charge in [0, 0.05) is 5.56 Å². The highest BCUT2D eigenvalue weighted by Crippen LogP contribution is 2.24. The third-order valence-electron chi connectivity index (χ3n) is 4.07. The summed E-state index contributed by atoms with van der Waals surface area (Å²) in [6.45, 7) is 3.72. The summed E-state index contributed by atoms with van der Waals surface area (Å²) in [7, 11) is 0. The first kappa shape index (κ1) is 18.6. The van der Waals surface area contributed by atoms with Gasteiger partial charge >= 0.3 is 0 Å².